The molecule has 0 bridgehead atoms. The average Bonchev–Trinajstić information content (AvgIpc) is 2.41. The van der Waals surface area contributed by atoms with E-state index in [0.717, 1.165) is 44.2 Å². The number of nitrogens with zero attached hydrogens (tertiary/aromatic N) is 4. The molecule has 1 fully saturated rings. The first kappa shape index (κ1) is 13.2. The average molecular weight is 249 g/mol. The molecule has 2 heterocycles. The van der Waals surface area contributed by atoms with Gasteiger partial charge < -0.3 is 10.2 Å². The fraction of sp³-hybridized carbons (Fsp3) is 0.692. The van der Waals surface area contributed by atoms with E-state index in [0.29, 0.717) is 0 Å². The van der Waals surface area contributed by atoms with E-state index in [1.54, 1.807) is 0 Å². The number of rotatable bonds is 5. The van der Waals surface area contributed by atoms with Crippen LogP contribution in [-0.2, 0) is 6.54 Å². The van der Waals surface area contributed by atoms with Gasteiger partial charge in [-0.25, -0.2) is 0 Å². The molecule has 1 aliphatic rings. The topological polar surface area (TPSA) is 44.3 Å². The highest BCUT2D eigenvalue weighted by molar-refractivity contribution is 5.37. The van der Waals surface area contributed by atoms with Gasteiger partial charge in [0.2, 0.25) is 0 Å². The molecule has 18 heavy (non-hydrogen) atoms. The van der Waals surface area contributed by atoms with Gasteiger partial charge in [-0.3, -0.25) is 4.90 Å². The number of anilines is 1. The summed E-state index contributed by atoms with van der Waals surface area (Å²) in [6.07, 6.45) is 1.23. The molecule has 0 amide bonds. The quantitative estimate of drug-likeness (QED) is 0.833. The summed E-state index contributed by atoms with van der Waals surface area (Å²) in [6.45, 7) is 8.60. The van der Waals surface area contributed by atoms with Crippen molar-refractivity contribution in [3.8, 4) is 0 Å². The van der Waals surface area contributed by atoms with E-state index in [9.17, 15) is 0 Å². The molecular formula is C13H23N5. The van der Waals surface area contributed by atoms with Gasteiger partial charge in [-0.15, -0.1) is 5.10 Å². The first-order chi connectivity index (χ1) is 8.83. The zero-order chi connectivity index (χ0) is 12.8. The molecule has 0 radical (unpaired) electrons. The van der Waals surface area contributed by atoms with Crippen LogP contribution in [0.2, 0.25) is 0 Å². The normalized spacial score (nSPS) is 17.1. The van der Waals surface area contributed by atoms with Crippen molar-refractivity contribution in [3.63, 3.8) is 0 Å². The molecule has 5 nitrogen and oxygen atoms in total. The van der Waals surface area contributed by atoms with Gasteiger partial charge in [-0.1, -0.05) is 6.92 Å². The van der Waals surface area contributed by atoms with Crippen LogP contribution in [0, 0.1) is 0 Å². The van der Waals surface area contributed by atoms with Crippen LogP contribution in [0.25, 0.3) is 0 Å². The van der Waals surface area contributed by atoms with Crippen LogP contribution < -0.4 is 10.2 Å². The van der Waals surface area contributed by atoms with Crippen molar-refractivity contribution >= 4 is 5.82 Å². The molecule has 1 aromatic rings. The molecule has 0 atom stereocenters. The van der Waals surface area contributed by atoms with Crippen molar-refractivity contribution in [1.82, 2.24) is 20.4 Å². The predicted octanol–water partition coefficient (Wildman–Crippen LogP) is 0.728. The summed E-state index contributed by atoms with van der Waals surface area (Å²) < 4.78 is 0. The molecule has 5 heteroatoms. The molecule has 1 N–H and O–H groups in total. The van der Waals surface area contributed by atoms with E-state index in [1.807, 2.05) is 7.05 Å². The molecule has 1 aliphatic heterocycles. The van der Waals surface area contributed by atoms with Crippen molar-refractivity contribution in [2.45, 2.75) is 19.9 Å². The summed E-state index contributed by atoms with van der Waals surface area (Å²) in [4.78, 5) is 4.83. The minimum Gasteiger partial charge on any atom is -0.353 e. The second-order valence-corrected chi connectivity index (χ2v) is 4.74. The highest BCUT2D eigenvalue weighted by Crippen LogP contribution is 2.12. The van der Waals surface area contributed by atoms with Gasteiger partial charge in [0.05, 0.1) is 5.69 Å². The van der Waals surface area contributed by atoms with Gasteiger partial charge in [0, 0.05) is 32.7 Å². The lowest BCUT2D eigenvalue weighted by atomic mass is 10.3. The smallest absolute Gasteiger partial charge is 0.151 e. The van der Waals surface area contributed by atoms with Gasteiger partial charge in [0.25, 0.3) is 0 Å². The van der Waals surface area contributed by atoms with Crippen molar-refractivity contribution < 1.29 is 0 Å². The first-order valence-electron chi connectivity index (χ1n) is 6.78. The van der Waals surface area contributed by atoms with Crippen molar-refractivity contribution in [2.75, 3.05) is 44.7 Å². The Hall–Kier alpha value is -1.20. The zero-order valence-electron chi connectivity index (χ0n) is 11.4. The van der Waals surface area contributed by atoms with Gasteiger partial charge in [-0.05, 0) is 32.1 Å². The van der Waals surface area contributed by atoms with Crippen LogP contribution in [0.4, 0.5) is 5.82 Å². The molecular weight excluding hydrogens is 226 g/mol. The fourth-order valence-electron chi connectivity index (χ4n) is 2.31. The number of hydrogen-bond acceptors (Lipinski definition) is 5. The highest BCUT2D eigenvalue weighted by atomic mass is 15.3. The molecule has 2 rings (SSSR count). The summed E-state index contributed by atoms with van der Waals surface area (Å²) >= 11 is 0. The maximum atomic E-state index is 4.31. The third kappa shape index (κ3) is 3.40. The largest absolute Gasteiger partial charge is 0.353 e. The maximum absolute atomic E-state index is 4.31. The minimum absolute atomic E-state index is 0.775. The lowest BCUT2D eigenvalue weighted by Gasteiger charge is -2.34. The van der Waals surface area contributed by atoms with Gasteiger partial charge in [-0.2, -0.15) is 5.10 Å². The van der Waals surface area contributed by atoms with Gasteiger partial charge in [0.15, 0.2) is 5.82 Å². The zero-order valence-corrected chi connectivity index (χ0v) is 11.4. The highest BCUT2D eigenvalue weighted by Gasteiger charge is 2.17. The lowest BCUT2D eigenvalue weighted by Crippen LogP contribution is -2.46. The standard InChI is InChI=1S/C13H23N5/c1-3-6-17-7-9-18(10-8-17)13-5-4-12(11-14-2)15-16-13/h4-5,14H,3,6-11H2,1-2H3. The molecule has 1 aromatic heterocycles. The monoisotopic (exact) mass is 249 g/mol. The van der Waals surface area contributed by atoms with Crippen LogP contribution in [0.1, 0.15) is 19.0 Å². The summed E-state index contributed by atoms with van der Waals surface area (Å²) in [5.74, 6) is 1.01. The Bertz CT molecular complexity index is 343. The Kier molecular flexibility index (Phi) is 4.90. The maximum Gasteiger partial charge on any atom is 0.151 e. The molecule has 1 saturated heterocycles. The van der Waals surface area contributed by atoms with Crippen molar-refractivity contribution in [3.05, 3.63) is 17.8 Å². The Labute approximate surface area is 109 Å². The number of hydrogen-bond donors (Lipinski definition) is 1. The van der Waals surface area contributed by atoms with Crippen LogP contribution >= 0.6 is 0 Å². The van der Waals surface area contributed by atoms with E-state index in [2.05, 4.69) is 44.4 Å². The second-order valence-electron chi connectivity index (χ2n) is 4.74. The molecule has 0 spiro atoms. The van der Waals surface area contributed by atoms with E-state index in [-0.39, 0.29) is 0 Å². The SMILES string of the molecule is CCCN1CCN(c2ccc(CNC)nn2)CC1. The number of nitrogens with one attached hydrogen (secondary N) is 1. The van der Waals surface area contributed by atoms with Crippen LogP contribution in [0.3, 0.4) is 0 Å². The predicted molar refractivity (Wildman–Crippen MR) is 73.7 cm³/mol. The van der Waals surface area contributed by atoms with E-state index >= 15 is 0 Å². The summed E-state index contributed by atoms with van der Waals surface area (Å²) in [7, 11) is 1.92. The van der Waals surface area contributed by atoms with Gasteiger partial charge in [0.1, 0.15) is 0 Å². The Morgan fingerprint density at radius 3 is 2.50 bits per heavy atom. The molecule has 0 saturated carbocycles. The van der Waals surface area contributed by atoms with Crippen molar-refractivity contribution in [1.29, 1.82) is 0 Å². The lowest BCUT2D eigenvalue weighted by molar-refractivity contribution is 0.258. The Balaban J connectivity index is 1.89. The van der Waals surface area contributed by atoms with E-state index in [4.69, 9.17) is 0 Å². The number of piperazine rings is 1. The second kappa shape index (κ2) is 6.66. The first-order valence-corrected chi connectivity index (χ1v) is 6.78. The van der Waals surface area contributed by atoms with Gasteiger partial charge >= 0.3 is 0 Å². The summed E-state index contributed by atoms with van der Waals surface area (Å²) in [5, 5.41) is 11.6. The Morgan fingerprint density at radius 1 is 1.17 bits per heavy atom. The Morgan fingerprint density at radius 2 is 1.94 bits per heavy atom. The van der Waals surface area contributed by atoms with Crippen LogP contribution in [0.5, 0.6) is 0 Å². The molecule has 0 aromatic carbocycles. The molecule has 0 aliphatic carbocycles. The molecule has 100 valence electrons. The van der Waals surface area contributed by atoms with E-state index in [1.165, 1.54) is 13.0 Å². The summed E-state index contributed by atoms with van der Waals surface area (Å²) in [6, 6.07) is 4.13. The third-order valence-electron chi connectivity index (χ3n) is 3.30. The van der Waals surface area contributed by atoms with Crippen LogP contribution in [-0.4, -0.2) is 54.9 Å². The van der Waals surface area contributed by atoms with E-state index < -0.39 is 0 Å². The molecule has 0 unspecified atom stereocenters. The fourth-order valence-corrected chi connectivity index (χ4v) is 2.31. The van der Waals surface area contributed by atoms with Crippen molar-refractivity contribution in [2.24, 2.45) is 0 Å². The minimum atomic E-state index is 0.775. The summed E-state index contributed by atoms with van der Waals surface area (Å²) in [5.41, 5.74) is 0.992. The third-order valence-corrected chi connectivity index (χ3v) is 3.30. The number of aromatic nitrogens is 2. The van der Waals surface area contributed by atoms with Crippen LogP contribution in [0.15, 0.2) is 12.1 Å².